The van der Waals surface area contributed by atoms with E-state index in [1.807, 2.05) is 0 Å². The summed E-state index contributed by atoms with van der Waals surface area (Å²) in [6, 6.07) is 0. The standard InChI is InChI=1S/C11H18N5O13P3S.4Na/c1-33-11-14-8(12)5-9(15-11)16(3-13-5)10-7(18)6(17)4(27-10)2-26-31(22,23)29-32(24,25)28-30(19,20)21;;;;/h3-4,6-7,10,17-18H,2H2,1H3,(H,22,23)(H,24,25)(H2,12,14,15)(H2,19,20,21);;;;/q;4*+1/p-4. The zero-order chi connectivity index (χ0) is 24.8. The average Bonchev–Trinajstić information content (AvgIpc) is 3.19. The van der Waals surface area contributed by atoms with Crippen molar-refractivity contribution in [1.82, 2.24) is 19.5 Å². The van der Waals surface area contributed by atoms with Gasteiger partial charge in [-0.05, 0) is 6.26 Å². The number of rotatable bonds is 9. The van der Waals surface area contributed by atoms with Crippen molar-refractivity contribution >= 4 is 52.2 Å². The Kier molecular flexibility index (Phi) is 19.1. The van der Waals surface area contributed by atoms with Gasteiger partial charge in [0.25, 0.3) is 15.6 Å². The van der Waals surface area contributed by atoms with Crippen LogP contribution in [0.15, 0.2) is 11.5 Å². The van der Waals surface area contributed by atoms with Crippen LogP contribution in [-0.2, 0) is 31.6 Å². The van der Waals surface area contributed by atoms with Crippen LogP contribution in [0.25, 0.3) is 11.2 Å². The van der Waals surface area contributed by atoms with Crippen molar-refractivity contribution in [3.63, 3.8) is 0 Å². The maximum absolute atomic E-state index is 11.7. The largest absolute Gasteiger partial charge is 1.00 e. The number of phosphoric acid groups is 3. The van der Waals surface area contributed by atoms with E-state index in [1.165, 1.54) is 10.9 Å². The molecule has 0 spiro atoms. The van der Waals surface area contributed by atoms with E-state index in [9.17, 15) is 43.5 Å². The monoisotopic (exact) mass is 641 g/mol. The molecule has 3 heterocycles. The van der Waals surface area contributed by atoms with Gasteiger partial charge in [0.15, 0.2) is 22.8 Å². The first-order chi connectivity index (χ1) is 15.1. The molecule has 6 atom stereocenters. The van der Waals surface area contributed by atoms with Gasteiger partial charge in [-0.2, -0.15) is 0 Å². The van der Waals surface area contributed by atoms with Gasteiger partial charge in [0, 0.05) is 0 Å². The Labute approximate surface area is 301 Å². The van der Waals surface area contributed by atoms with E-state index < -0.39 is 54.6 Å². The van der Waals surface area contributed by atoms with Gasteiger partial charge in [-0.3, -0.25) is 18.0 Å². The molecule has 18 nitrogen and oxygen atoms in total. The van der Waals surface area contributed by atoms with Crippen LogP contribution in [0.1, 0.15) is 6.23 Å². The summed E-state index contributed by atoms with van der Waals surface area (Å²) >= 11 is 1.16. The number of hydrogen-bond donors (Lipinski definition) is 3. The number of aliphatic hydroxyl groups excluding tert-OH is 2. The molecule has 1 aliphatic heterocycles. The SMILES string of the molecule is CSc1nc(N)c2ncn(C3OC(COP(=O)([O-])OP(=O)([O-])OP(=O)([O-])[O-])C(O)C3O)c2n1.[Na+].[Na+].[Na+].[Na+]. The van der Waals surface area contributed by atoms with Crippen LogP contribution in [0.4, 0.5) is 5.82 Å². The van der Waals surface area contributed by atoms with Gasteiger partial charge < -0.3 is 49.3 Å². The Bertz CT molecular complexity index is 1190. The number of hydrogen-bond acceptors (Lipinski definition) is 18. The van der Waals surface area contributed by atoms with Crippen LogP contribution >= 0.6 is 35.2 Å². The minimum absolute atomic E-state index is 0. The fourth-order valence-electron chi connectivity index (χ4n) is 2.74. The van der Waals surface area contributed by atoms with Gasteiger partial charge in [-0.25, -0.2) is 19.3 Å². The Morgan fingerprint density at radius 2 is 1.65 bits per heavy atom. The molecule has 0 aliphatic carbocycles. The number of nitrogen functional groups attached to an aromatic ring is 1. The van der Waals surface area contributed by atoms with E-state index in [2.05, 4.69) is 28.1 Å². The summed E-state index contributed by atoms with van der Waals surface area (Å²) in [6.45, 7) is -1.08. The van der Waals surface area contributed by atoms with Crippen molar-refractivity contribution in [1.29, 1.82) is 0 Å². The van der Waals surface area contributed by atoms with Crippen molar-refractivity contribution < 1.29 is 180 Å². The number of fused-ring (bicyclic) bond motifs is 1. The summed E-state index contributed by atoms with van der Waals surface area (Å²) in [5.74, 6) is 0.0328. The Morgan fingerprint density at radius 1 is 1.05 bits per heavy atom. The van der Waals surface area contributed by atoms with Gasteiger partial charge in [-0.15, -0.1) is 0 Å². The molecule has 0 bridgehead atoms. The fraction of sp³-hybridized carbons (Fsp3) is 0.545. The number of imidazole rings is 1. The summed E-state index contributed by atoms with van der Waals surface area (Å²) in [4.78, 5) is 55.7. The van der Waals surface area contributed by atoms with E-state index >= 15 is 0 Å². The summed E-state index contributed by atoms with van der Waals surface area (Å²) < 4.78 is 50.5. The topological polar surface area (TPSA) is 290 Å². The molecule has 1 fully saturated rings. The second-order valence-corrected chi connectivity index (χ2v) is 11.3. The first-order valence-electron chi connectivity index (χ1n) is 8.39. The molecule has 0 saturated carbocycles. The first kappa shape index (κ1) is 42.1. The van der Waals surface area contributed by atoms with E-state index in [-0.39, 0.29) is 140 Å². The Hall–Kier alpha value is 2.99. The maximum atomic E-state index is 11.7. The molecule has 1 aliphatic rings. The van der Waals surface area contributed by atoms with E-state index in [0.29, 0.717) is 0 Å². The van der Waals surface area contributed by atoms with Crippen molar-refractivity contribution in [2.24, 2.45) is 0 Å². The fourth-order valence-corrected chi connectivity index (χ4v) is 5.97. The van der Waals surface area contributed by atoms with Crippen LogP contribution < -0.4 is 144 Å². The quantitative estimate of drug-likeness (QED) is 0.0991. The minimum Gasteiger partial charge on any atom is -0.790 e. The summed E-state index contributed by atoms with van der Waals surface area (Å²) in [7, 11) is -18.1. The molecule has 6 unspecified atom stereocenters. The Morgan fingerprint density at radius 3 is 2.19 bits per heavy atom. The van der Waals surface area contributed by atoms with Crippen LogP contribution in [0.3, 0.4) is 0 Å². The number of nitrogens with zero attached hydrogens (tertiary/aromatic N) is 4. The molecule has 186 valence electrons. The van der Waals surface area contributed by atoms with E-state index in [1.54, 1.807) is 6.26 Å². The third kappa shape index (κ3) is 11.5. The molecule has 26 heteroatoms. The number of nitrogens with two attached hydrogens (primary N) is 1. The number of ether oxygens (including phenoxy) is 1. The van der Waals surface area contributed by atoms with Crippen LogP contribution in [0.2, 0.25) is 0 Å². The third-order valence-electron chi connectivity index (χ3n) is 4.02. The molecular formula is C11H14N5Na4O13P3S. The zero-order valence-corrected chi connectivity index (χ0v) is 31.6. The number of aliphatic hydroxyl groups is 2. The van der Waals surface area contributed by atoms with Crippen LogP contribution in [0, 0.1) is 0 Å². The van der Waals surface area contributed by atoms with Crippen molar-refractivity contribution in [2.75, 3.05) is 18.6 Å². The summed E-state index contributed by atoms with van der Waals surface area (Å²) in [5.41, 5.74) is 6.10. The molecule has 0 radical (unpaired) electrons. The van der Waals surface area contributed by atoms with Gasteiger partial charge in [0.05, 0.1) is 20.8 Å². The second-order valence-electron chi connectivity index (χ2n) is 6.27. The number of aromatic nitrogens is 4. The van der Waals surface area contributed by atoms with Gasteiger partial charge in [0.2, 0.25) is 0 Å². The smallest absolute Gasteiger partial charge is 0.790 e. The van der Waals surface area contributed by atoms with Crippen molar-refractivity contribution in [3.05, 3.63) is 6.33 Å². The molecule has 3 rings (SSSR count). The molecule has 0 amide bonds. The van der Waals surface area contributed by atoms with Gasteiger partial charge in [-0.1, -0.05) is 11.8 Å². The minimum atomic E-state index is -6.15. The van der Waals surface area contributed by atoms with Crippen molar-refractivity contribution in [3.8, 4) is 0 Å². The molecule has 1 saturated heterocycles. The second kappa shape index (κ2) is 16.7. The predicted molar refractivity (Wildman–Crippen MR) is 98.4 cm³/mol. The molecule has 0 aromatic carbocycles. The van der Waals surface area contributed by atoms with Crippen molar-refractivity contribution in [2.45, 2.75) is 29.7 Å². The van der Waals surface area contributed by atoms with Crippen LogP contribution in [0.5, 0.6) is 0 Å². The van der Waals surface area contributed by atoms with E-state index in [0.717, 1.165) is 11.8 Å². The molecular weight excluding hydrogens is 627 g/mol. The molecule has 4 N–H and O–H groups in total. The maximum Gasteiger partial charge on any atom is 1.00 e. The first-order valence-corrected chi connectivity index (χ1v) is 14.0. The molecule has 2 aromatic heterocycles. The molecule has 2 aromatic rings. The number of thioether (sulfide) groups is 1. The normalized spacial score (nSPS) is 24.5. The van der Waals surface area contributed by atoms with E-state index in [4.69, 9.17) is 10.5 Å². The van der Waals surface area contributed by atoms with Gasteiger partial charge >= 0.3 is 118 Å². The summed E-state index contributed by atoms with van der Waals surface area (Å²) in [6.07, 6.45) is -3.44. The molecule has 37 heavy (non-hydrogen) atoms. The summed E-state index contributed by atoms with van der Waals surface area (Å²) in [5, 5.41) is 20.8. The predicted octanol–water partition coefficient (Wildman–Crippen LogP) is -15.4. The van der Waals surface area contributed by atoms with Gasteiger partial charge in [0.1, 0.15) is 23.8 Å². The van der Waals surface area contributed by atoms with Crippen LogP contribution in [-0.4, -0.2) is 60.9 Å². The third-order valence-corrected chi connectivity index (χ3v) is 8.23. The zero-order valence-electron chi connectivity index (χ0n) is 20.1. The number of anilines is 1. The average molecular weight is 641 g/mol. The Balaban J connectivity index is 0. The number of phosphoric ester groups is 1.